The SMILES string of the molecule is CC1C/C=C(c2ccccc2)/C=C(c2ccccc2)\N=C/1c1ccc(/C=C2/Cc3ccc4c(c3-c3cc5ccccc5cc32)c2cc3ccccc3cc2n4-c2ccccc2)cc1. The van der Waals surface area contributed by atoms with Gasteiger partial charge in [0.15, 0.2) is 0 Å². The van der Waals surface area contributed by atoms with E-state index in [-0.39, 0.29) is 5.92 Å². The summed E-state index contributed by atoms with van der Waals surface area (Å²) in [5, 5.41) is 7.63. The van der Waals surface area contributed by atoms with Crippen molar-refractivity contribution in [1.82, 2.24) is 4.57 Å². The Kier molecular flexibility index (Phi) is 8.97. The van der Waals surface area contributed by atoms with Gasteiger partial charge in [0, 0.05) is 27.9 Å². The molecule has 9 aromatic carbocycles. The molecule has 0 spiro atoms. The highest BCUT2D eigenvalue weighted by Crippen LogP contribution is 2.49. The number of rotatable bonds is 5. The predicted octanol–water partition coefficient (Wildman–Crippen LogP) is 15.8. The fourth-order valence-electron chi connectivity index (χ4n) is 10.1. The Hall–Kier alpha value is -7.81. The summed E-state index contributed by atoms with van der Waals surface area (Å²) in [7, 11) is 0. The van der Waals surface area contributed by atoms with Crippen LogP contribution in [0.2, 0.25) is 0 Å². The first-order valence-electron chi connectivity index (χ1n) is 22.1. The molecule has 1 atom stereocenters. The van der Waals surface area contributed by atoms with Crippen LogP contribution >= 0.6 is 0 Å². The summed E-state index contributed by atoms with van der Waals surface area (Å²) < 4.78 is 2.46. The zero-order chi connectivity index (χ0) is 41.9. The van der Waals surface area contributed by atoms with E-state index in [1.807, 2.05) is 0 Å². The third-order valence-corrected chi connectivity index (χ3v) is 13.2. The summed E-state index contributed by atoms with van der Waals surface area (Å²) in [5.74, 6) is 0.234. The molecule has 2 aliphatic rings. The van der Waals surface area contributed by atoms with Gasteiger partial charge in [0.05, 0.1) is 22.4 Å². The topological polar surface area (TPSA) is 17.3 Å². The van der Waals surface area contributed by atoms with Crippen molar-refractivity contribution < 1.29 is 0 Å². The van der Waals surface area contributed by atoms with E-state index in [4.69, 9.17) is 4.99 Å². The van der Waals surface area contributed by atoms with Gasteiger partial charge in [-0.25, -0.2) is 0 Å². The van der Waals surface area contributed by atoms with Gasteiger partial charge in [-0.2, -0.15) is 0 Å². The van der Waals surface area contributed by atoms with Crippen molar-refractivity contribution in [2.24, 2.45) is 10.9 Å². The lowest BCUT2D eigenvalue weighted by Crippen LogP contribution is -2.14. The first-order valence-corrected chi connectivity index (χ1v) is 22.1. The summed E-state index contributed by atoms with van der Waals surface area (Å²) >= 11 is 0. The zero-order valence-corrected chi connectivity index (χ0v) is 35.2. The average molecular weight is 805 g/mol. The zero-order valence-electron chi connectivity index (χ0n) is 35.2. The van der Waals surface area contributed by atoms with E-state index in [9.17, 15) is 0 Å². The molecule has 1 unspecified atom stereocenters. The standard InChI is InChI=1S/C61H44N2/c1-40-25-28-49(42-15-5-2-6-16-42)38-56(43-17-7-3-8-18-43)62-61(40)44-29-26-41(27-30-44)33-51-34-50-31-32-57-60(59(50)54-36-46-20-12-11-19-45(46)35-53(51)54)55-37-47-21-13-14-22-48(47)39-58(55)63(57)52-23-9-4-10-24-52/h2-24,26-33,35-40H,25,34H2,1H3/b49-28-,51-33-,56-38-,62-61+. The van der Waals surface area contributed by atoms with Crippen molar-refractivity contribution in [3.8, 4) is 16.8 Å². The molecule has 63 heavy (non-hydrogen) atoms. The van der Waals surface area contributed by atoms with E-state index >= 15 is 0 Å². The van der Waals surface area contributed by atoms with Crippen LogP contribution in [0.3, 0.4) is 0 Å². The monoisotopic (exact) mass is 804 g/mol. The second-order valence-corrected chi connectivity index (χ2v) is 17.1. The highest BCUT2D eigenvalue weighted by molar-refractivity contribution is 6.21. The highest BCUT2D eigenvalue weighted by atomic mass is 15.0. The van der Waals surface area contributed by atoms with Gasteiger partial charge in [-0.1, -0.05) is 177 Å². The maximum Gasteiger partial charge on any atom is 0.0711 e. The third kappa shape index (κ3) is 6.54. The summed E-state index contributed by atoms with van der Waals surface area (Å²) in [4.78, 5) is 5.47. The summed E-state index contributed by atoms with van der Waals surface area (Å²) in [6.45, 7) is 2.30. The minimum Gasteiger partial charge on any atom is -0.309 e. The number of fused-ring (bicyclic) bond motifs is 9. The van der Waals surface area contributed by atoms with Crippen molar-refractivity contribution in [2.75, 3.05) is 0 Å². The summed E-state index contributed by atoms with van der Waals surface area (Å²) in [6.07, 6.45) is 8.81. The summed E-state index contributed by atoms with van der Waals surface area (Å²) in [5.41, 5.74) is 18.3. The van der Waals surface area contributed by atoms with Crippen molar-refractivity contribution in [3.05, 3.63) is 246 Å². The van der Waals surface area contributed by atoms with E-state index in [1.54, 1.807) is 0 Å². The lowest BCUT2D eigenvalue weighted by molar-refractivity contribution is 0.791. The van der Waals surface area contributed by atoms with Gasteiger partial charge < -0.3 is 4.57 Å². The molecule has 2 heteroatoms. The molecule has 0 bridgehead atoms. The first kappa shape index (κ1) is 37.0. The van der Waals surface area contributed by atoms with E-state index in [2.05, 4.69) is 230 Å². The minimum absolute atomic E-state index is 0.234. The molecule has 0 N–H and O–H groups in total. The highest BCUT2D eigenvalue weighted by Gasteiger charge is 2.27. The van der Waals surface area contributed by atoms with Crippen molar-refractivity contribution in [1.29, 1.82) is 0 Å². The molecule has 2 heterocycles. The molecule has 0 radical (unpaired) electrons. The molecule has 0 amide bonds. The third-order valence-electron chi connectivity index (χ3n) is 13.2. The molecule has 10 aromatic rings. The van der Waals surface area contributed by atoms with Gasteiger partial charge in [0.25, 0.3) is 0 Å². The molecule has 1 aliphatic carbocycles. The van der Waals surface area contributed by atoms with Crippen LogP contribution in [0.5, 0.6) is 0 Å². The van der Waals surface area contributed by atoms with Crippen LogP contribution in [0.1, 0.15) is 46.7 Å². The van der Waals surface area contributed by atoms with Crippen molar-refractivity contribution in [2.45, 2.75) is 19.8 Å². The predicted molar refractivity (Wildman–Crippen MR) is 268 cm³/mol. The van der Waals surface area contributed by atoms with Gasteiger partial charge in [-0.05, 0) is 133 Å². The number of nitrogens with zero attached hydrogens (tertiary/aromatic N) is 2. The molecule has 0 saturated carbocycles. The molecular formula is C61H44N2. The molecule has 0 fully saturated rings. The molecule has 0 saturated heterocycles. The second kappa shape index (κ2) is 15.3. The van der Waals surface area contributed by atoms with E-state index in [0.29, 0.717) is 0 Å². The van der Waals surface area contributed by atoms with E-state index in [0.717, 1.165) is 35.4 Å². The largest absolute Gasteiger partial charge is 0.309 e. The normalized spacial score (nSPS) is 18.2. The van der Waals surface area contributed by atoms with Gasteiger partial charge in [0.1, 0.15) is 0 Å². The minimum atomic E-state index is 0.234. The van der Waals surface area contributed by atoms with Crippen LogP contribution in [0.15, 0.2) is 217 Å². The molecule has 2 nitrogen and oxygen atoms in total. The number of aromatic nitrogens is 1. The maximum absolute atomic E-state index is 5.47. The van der Waals surface area contributed by atoms with Crippen molar-refractivity contribution in [3.63, 3.8) is 0 Å². The smallest absolute Gasteiger partial charge is 0.0711 e. The van der Waals surface area contributed by atoms with Crippen LogP contribution in [0, 0.1) is 5.92 Å². The average Bonchev–Trinajstić information content (AvgIpc) is 3.66. The van der Waals surface area contributed by atoms with E-state index < -0.39 is 0 Å². The Bertz CT molecular complexity index is 3530. The summed E-state index contributed by atoms with van der Waals surface area (Å²) in [6, 6.07) is 73.2. The van der Waals surface area contributed by atoms with Crippen LogP contribution in [0.4, 0.5) is 0 Å². The molecular weight excluding hydrogens is 761 g/mol. The quantitative estimate of drug-likeness (QED) is 0.165. The van der Waals surface area contributed by atoms with Gasteiger partial charge in [0.2, 0.25) is 0 Å². The Morgan fingerprint density at radius 2 is 1.14 bits per heavy atom. The Balaban J connectivity index is 0.990. The second-order valence-electron chi connectivity index (χ2n) is 17.1. The van der Waals surface area contributed by atoms with Crippen LogP contribution < -0.4 is 0 Å². The molecule has 1 aromatic heterocycles. The number of benzene rings is 9. The molecule has 298 valence electrons. The van der Waals surface area contributed by atoms with E-state index in [1.165, 1.54) is 93.6 Å². The van der Waals surface area contributed by atoms with Crippen LogP contribution in [-0.4, -0.2) is 10.3 Å². The fraction of sp³-hybridized carbons (Fsp3) is 0.0656. The lowest BCUT2D eigenvalue weighted by Gasteiger charge is -2.25. The number of para-hydroxylation sites is 1. The molecule has 1 aliphatic heterocycles. The Morgan fingerprint density at radius 3 is 1.84 bits per heavy atom. The lowest BCUT2D eigenvalue weighted by atomic mass is 9.78. The number of hydrogen-bond donors (Lipinski definition) is 0. The van der Waals surface area contributed by atoms with Gasteiger partial charge in [-0.3, -0.25) is 4.99 Å². The van der Waals surface area contributed by atoms with Crippen LogP contribution in [-0.2, 0) is 6.42 Å². The number of allylic oxidation sites excluding steroid dienone is 4. The Labute approximate surface area is 368 Å². The first-order chi connectivity index (χ1) is 31.1. The fourth-order valence-corrected chi connectivity index (χ4v) is 10.1. The van der Waals surface area contributed by atoms with Gasteiger partial charge in [-0.15, -0.1) is 0 Å². The number of hydrogen-bond acceptors (Lipinski definition) is 1. The van der Waals surface area contributed by atoms with Crippen molar-refractivity contribution >= 4 is 72.0 Å². The molecule has 12 rings (SSSR count). The maximum atomic E-state index is 5.47. The van der Waals surface area contributed by atoms with Crippen LogP contribution in [0.25, 0.3) is 83.1 Å². The van der Waals surface area contributed by atoms with Gasteiger partial charge >= 0.3 is 0 Å². The Morgan fingerprint density at radius 1 is 0.540 bits per heavy atom. The number of aliphatic imine (C=N–C) groups is 1.